The lowest BCUT2D eigenvalue weighted by Crippen LogP contribution is -2.28. The summed E-state index contributed by atoms with van der Waals surface area (Å²) < 4.78 is 5.21. The van der Waals surface area contributed by atoms with E-state index in [0.717, 1.165) is 5.69 Å². The van der Waals surface area contributed by atoms with Crippen LogP contribution in [0, 0.1) is 0 Å². The van der Waals surface area contributed by atoms with Crippen LogP contribution in [0.5, 0.6) is 0 Å². The minimum Gasteiger partial charge on any atom is -0.308 e. The molecule has 0 bridgehead atoms. The van der Waals surface area contributed by atoms with Gasteiger partial charge in [-0.2, -0.15) is 0 Å². The zero-order chi connectivity index (χ0) is 34.2. The molecule has 0 saturated heterocycles. The number of anilines is 3. The van der Waals surface area contributed by atoms with Gasteiger partial charge >= 0.3 is 0 Å². The highest BCUT2D eigenvalue weighted by Crippen LogP contribution is 2.58. The second-order valence-electron chi connectivity index (χ2n) is 13.6. The maximum absolute atomic E-state index is 2.53. The molecule has 8 aromatic carbocycles. The second kappa shape index (κ2) is 11.5. The van der Waals surface area contributed by atoms with Gasteiger partial charge in [0.05, 0.1) is 21.5 Å². The van der Waals surface area contributed by atoms with Crippen LogP contribution in [0.3, 0.4) is 0 Å². The van der Waals surface area contributed by atoms with Gasteiger partial charge in [-0.05, 0) is 75.8 Å². The van der Waals surface area contributed by atoms with Crippen molar-refractivity contribution in [2.45, 2.75) is 5.41 Å². The first-order valence-electron chi connectivity index (χ1n) is 17.8. The Morgan fingerprint density at radius 1 is 0.385 bits per heavy atom. The molecule has 0 fully saturated rings. The maximum atomic E-state index is 2.53. The lowest BCUT2D eigenvalue weighted by Gasteiger charge is -2.34. The van der Waals surface area contributed by atoms with Crippen LogP contribution in [0.15, 0.2) is 188 Å². The number of rotatable bonds is 5. The molecule has 1 nitrogen and oxygen atoms in total. The molecule has 2 aromatic heterocycles. The van der Waals surface area contributed by atoms with E-state index in [1.54, 1.807) is 0 Å². The van der Waals surface area contributed by atoms with Crippen LogP contribution in [-0.2, 0) is 5.41 Å². The van der Waals surface area contributed by atoms with Crippen LogP contribution in [0.1, 0.15) is 22.3 Å². The Kier molecular flexibility index (Phi) is 6.57. The predicted molar refractivity (Wildman–Crippen MR) is 224 cm³/mol. The zero-order valence-electron chi connectivity index (χ0n) is 28.2. The van der Waals surface area contributed by atoms with Crippen molar-refractivity contribution >= 4 is 80.1 Å². The molecule has 0 amide bonds. The fourth-order valence-corrected chi connectivity index (χ4v) is 11.2. The molecule has 244 valence electrons. The van der Waals surface area contributed by atoms with E-state index in [1.165, 1.54) is 85.1 Å². The number of nitrogens with zero attached hydrogens (tertiary/aromatic N) is 1. The summed E-state index contributed by atoms with van der Waals surface area (Å²) in [6.45, 7) is 0. The lowest BCUT2D eigenvalue weighted by molar-refractivity contribution is 0.768. The Bertz CT molecular complexity index is 2930. The van der Waals surface area contributed by atoms with Crippen LogP contribution < -0.4 is 4.90 Å². The first-order chi connectivity index (χ1) is 25.8. The summed E-state index contributed by atoms with van der Waals surface area (Å²) in [5, 5.41) is 5.20. The van der Waals surface area contributed by atoms with E-state index in [9.17, 15) is 0 Å². The average molecular weight is 698 g/mol. The third kappa shape index (κ3) is 4.15. The van der Waals surface area contributed by atoms with Gasteiger partial charge in [-0.15, -0.1) is 22.7 Å². The van der Waals surface area contributed by atoms with Crippen molar-refractivity contribution in [1.29, 1.82) is 0 Å². The number of thiophene rings is 2. The van der Waals surface area contributed by atoms with Crippen molar-refractivity contribution in [1.82, 2.24) is 0 Å². The topological polar surface area (TPSA) is 3.24 Å². The van der Waals surface area contributed by atoms with Crippen molar-refractivity contribution in [3.63, 3.8) is 0 Å². The first kappa shape index (κ1) is 29.7. The number of benzene rings is 8. The molecule has 52 heavy (non-hydrogen) atoms. The van der Waals surface area contributed by atoms with Crippen LogP contribution in [0.4, 0.5) is 17.1 Å². The molecule has 0 radical (unpaired) electrons. The normalized spacial score (nSPS) is 13.2. The number of hydrogen-bond acceptors (Lipinski definition) is 3. The van der Waals surface area contributed by atoms with Gasteiger partial charge in [0.1, 0.15) is 0 Å². The van der Waals surface area contributed by atoms with Gasteiger partial charge in [0.25, 0.3) is 0 Å². The molecular formula is C49H31NS2. The minimum absolute atomic E-state index is 0.438. The van der Waals surface area contributed by atoms with Crippen molar-refractivity contribution in [3.05, 3.63) is 210 Å². The number of hydrogen-bond donors (Lipinski definition) is 0. The van der Waals surface area contributed by atoms with Gasteiger partial charge in [0, 0.05) is 41.3 Å². The summed E-state index contributed by atoms with van der Waals surface area (Å²) >= 11 is 3.76. The minimum atomic E-state index is -0.438. The van der Waals surface area contributed by atoms with Crippen molar-refractivity contribution in [2.75, 3.05) is 4.90 Å². The monoisotopic (exact) mass is 697 g/mol. The van der Waals surface area contributed by atoms with E-state index in [0.29, 0.717) is 0 Å². The molecule has 0 aliphatic heterocycles. The molecule has 1 aliphatic carbocycles. The molecule has 10 aromatic rings. The van der Waals surface area contributed by atoms with Crippen LogP contribution in [0.2, 0.25) is 0 Å². The highest BCUT2D eigenvalue weighted by atomic mass is 32.1. The second-order valence-corrected chi connectivity index (χ2v) is 15.7. The van der Waals surface area contributed by atoms with E-state index in [-0.39, 0.29) is 0 Å². The summed E-state index contributed by atoms with van der Waals surface area (Å²) in [5.41, 5.74) is 10.9. The summed E-state index contributed by atoms with van der Waals surface area (Å²) in [6, 6.07) is 69.7. The molecule has 1 aliphatic rings. The van der Waals surface area contributed by atoms with E-state index in [1.807, 2.05) is 22.7 Å². The zero-order valence-corrected chi connectivity index (χ0v) is 29.8. The molecule has 2 heterocycles. The van der Waals surface area contributed by atoms with Crippen molar-refractivity contribution in [2.24, 2.45) is 0 Å². The lowest BCUT2D eigenvalue weighted by atomic mass is 9.68. The van der Waals surface area contributed by atoms with Gasteiger partial charge in [0.15, 0.2) is 0 Å². The summed E-state index contributed by atoms with van der Waals surface area (Å²) in [5.74, 6) is 0. The average Bonchev–Trinajstić information content (AvgIpc) is 3.88. The Balaban J connectivity index is 1.24. The van der Waals surface area contributed by atoms with Crippen LogP contribution >= 0.6 is 22.7 Å². The summed E-state index contributed by atoms with van der Waals surface area (Å²) in [7, 11) is 0. The Hall–Kier alpha value is -6.00. The maximum Gasteiger partial charge on any atom is 0.0713 e. The Morgan fingerprint density at radius 2 is 0.962 bits per heavy atom. The van der Waals surface area contributed by atoms with Gasteiger partial charge < -0.3 is 4.90 Å². The Labute approximate surface area is 310 Å². The fourth-order valence-electron chi connectivity index (χ4n) is 8.83. The summed E-state index contributed by atoms with van der Waals surface area (Å²) in [6.07, 6.45) is 0. The smallest absolute Gasteiger partial charge is 0.0713 e. The van der Waals surface area contributed by atoms with Crippen molar-refractivity contribution < 1.29 is 0 Å². The quantitative estimate of drug-likeness (QED) is 0.173. The molecule has 0 atom stereocenters. The van der Waals surface area contributed by atoms with E-state index < -0.39 is 5.41 Å². The molecular weight excluding hydrogens is 667 g/mol. The highest BCUT2D eigenvalue weighted by molar-refractivity contribution is 7.26. The first-order valence-corrected chi connectivity index (χ1v) is 19.4. The van der Waals surface area contributed by atoms with E-state index >= 15 is 0 Å². The molecule has 3 heteroatoms. The third-order valence-corrected chi connectivity index (χ3v) is 13.3. The van der Waals surface area contributed by atoms with Crippen LogP contribution in [0.25, 0.3) is 51.5 Å². The van der Waals surface area contributed by atoms with E-state index in [2.05, 4.69) is 193 Å². The van der Waals surface area contributed by atoms with Gasteiger partial charge in [0.2, 0.25) is 0 Å². The molecule has 0 N–H and O–H groups in total. The molecule has 0 saturated carbocycles. The largest absolute Gasteiger partial charge is 0.308 e. The predicted octanol–water partition coefficient (Wildman–Crippen LogP) is 14.3. The van der Waals surface area contributed by atoms with Gasteiger partial charge in [-0.1, -0.05) is 146 Å². The molecule has 11 rings (SSSR count). The van der Waals surface area contributed by atoms with Crippen LogP contribution in [-0.4, -0.2) is 0 Å². The standard InChI is InChI=1S/C49H31NS2/c1-3-15-32(16-4-1)49(33-17-5-2-6-18-33)40-23-10-7-19-35(40)39-31-34(29-30-41(39)49)50(42-24-14-28-46-47(42)38-21-9-12-27-45(38)51-46)43-25-13-22-37-36-20-8-11-26-44(36)52-48(37)43/h1-31H. The highest BCUT2D eigenvalue weighted by Gasteiger charge is 2.46. The van der Waals surface area contributed by atoms with Gasteiger partial charge in [-0.3, -0.25) is 0 Å². The van der Waals surface area contributed by atoms with E-state index in [4.69, 9.17) is 0 Å². The third-order valence-electron chi connectivity index (χ3n) is 10.9. The fraction of sp³-hybridized carbons (Fsp3) is 0.0204. The number of fused-ring (bicyclic) bond motifs is 9. The molecule has 0 spiro atoms. The summed E-state index contributed by atoms with van der Waals surface area (Å²) in [4.78, 5) is 2.53. The SMILES string of the molecule is c1ccc(C2(c3ccccc3)c3ccccc3-c3cc(N(c4cccc5c4sc4ccccc45)c4cccc5sc6ccccc6c45)ccc32)cc1. The Morgan fingerprint density at radius 3 is 1.75 bits per heavy atom. The molecule has 0 unspecified atom stereocenters. The van der Waals surface area contributed by atoms with Crippen molar-refractivity contribution in [3.8, 4) is 11.1 Å². The van der Waals surface area contributed by atoms with Gasteiger partial charge in [-0.25, -0.2) is 0 Å².